The largest absolute Gasteiger partial charge is 0.387 e. The van der Waals surface area contributed by atoms with Gasteiger partial charge in [0, 0.05) is 5.41 Å². The highest BCUT2D eigenvalue weighted by Crippen LogP contribution is 2.50. The van der Waals surface area contributed by atoms with Crippen LogP contribution < -0.4 is 0 Å². The molecule has 1 atom stereocenters. The molecule has 12 heavy (non-hydrogen) atoms. The smallest absolute Gasteiger partial charge is 0.278 e. The number of rotatable bonds is 2. The van der Waals surface area contributed by atoms with Gasteiger partial charge >= 0.3 is 0 Å². The van der Waals surface area contributed by atoms with Gasteiger partial charge in [-0.05, 0) is 19.8 Å². The van der Waals surface area contributed by atoms with E-state index in [0.29, 0.717) is 12.8 Å². The van der Waals surface area contributed by atoms with Crippen molar-refractivity contribution < 1.29 is 13.9 Å². The van der Waals surface area contributed by atoms with Crippen LogP contribution in [0.25, 0.3) is 0 Å². The number of aliphatic hydroxyl groups is 1. The van der Waals surface area contributed by atoms with Gasteiger partial charge in [0.15, 0.2) is 0 Å². The molecular formula is C9H16F2O. The molecule has 1 aliphatic carbocycles. The lowest BCUT2D eigenvalue weighted by Crippen LogP contribution is -2.45. The first-order valence-electron chi connectivity index (χ1n) is 4.46. The fourth-order valence-corrected chi connectivity index (χ4v) is 1.99. The second-order valence-corrected chi connectivity index (χ2v) is 4.07. The Labute approximate surface area is 71.8 Å². The van der Waals surface area contributed by atoms with E-state index in [4.69, 9.17) is 5.11 Å². The van der Waals surface area contributed by atoms with Crippen LogP contribution in [0, 0.1) is 5.41 Å². The molecule has 1 aliphatic rings. The summed E-state index contributed by atoms with van der Waals surface area (Å²) in [6.45, 7) is 2.75. The molecule has 0 amide bonds. The zero-order valence-electron chi connectivity index (χ0n) is 7.61. The predicted octanol–water partition coefficient (Wildman–Crippen LogP) is 2.58. The summed E-state index contributed by atoms with van der Waals surface area (Å²) in [6.07, 6.45) is 1.26. The first-order chi connectivity index (χ1) is 5.40. The second-order valence-electron chi connectivity index (χ2n) is 4.07. The molecule has 72 valence electrons. The molecule has 0 saturated heterocycles. The summed E-state index contributed by atoms with van der Waals surface area (Å²) in [5.74, 6) is -2.93. The maximum Gasteiger partial charge on any atom is 0.278 e. The first kappa shape index (κ1) is 9.90. The minimum atomic E-state index is -2.93. The van der Waals surface area contributed by atoms with Crippen LogP contribution in [0.3, 0.4) is 0 Å². The third-order valence-corrected chi connectivity index (χ3v) is 3.04. The molecule has 1 nitrogen and oxygen atoms in total. The fraction of sp³-hybridized carbons (Fsp3) is 1.00. The minimum Gasteiger partial charge on any atom is -0.387 e. The average molecular weight is 178 g/mol. The van der Waals surface area contributed by atoms with E-state index in [1.165, 1.54) is 6.92 Å². The van der Waals surface area contributed by atoms with Crippen LogP contribution in [0.15, 0.2) is 0 Å². The van der Waals surface area contributed by atoms with Gasteiger partial charge in [0.25, 0.3) is 5.92 Å². The van der Waals surface area contributed by atoms with Gasteiger partial charge in [0.05, 0.1) is 0 Å². The van der Waals surface area contributed by atoms with Crippen LogP contribution in [0.2, 0.25) is 0 Å². The molecule has 0 aromatic heterocycles. The van der Waals surface area contributed by atoms with E-state index in [1.54, 1.807) is 6.92 Å². The van der Waals surface area contributed by atoms with Crippen molar-refractivity contribution in [2.24, 2.45) is 5.41 Å². The summed E-state index contributed by atoms with van der Waals surface area (Å²) >= 11 is 0. The van der Waals surface area contributed by atoms with E-state index >= 15 is 0 Å². The maximum atomic E-state index is 13.4. The molecule has 0 aliphatic heterocycles. The van der Waals surface area contributed by atoms with Gasteiger partial charge in [0.1, 0.15) is 6.10 Å². The number of hydrogen-bond acceptors (Lipinski definition) is 1. The van der Waals surface area contributed by atoms with Crippen molar-refractivity contribution in [1.82, 2.24) is 0 Å². The van der Waals surface area contributed by atoms with Gasteiger partial charge in [-0.2, -0.15) is 0 Å². The highest BCUT2D eigenvalue weighted by atomic mass is 19.3. The highest BCUT2D eigenvalue weighted by Gasteiger charge is 2.54. The van der Waals surface area contributed by atoms with E-state index in [0.717, 1.165) is 12.8 Å². The number of halogens is 2. The zero-order valence-corrected chi connectivity index (χ0v) is 7.61. The Bertz CT molecular complexity index is 157. The lowest BCUT2D eigenvalue weighted by atomic mass is 9.79. The van der Waals surface area contributed by atoms with Crippen LogP contribution in [0.1, 0.15) is 39.5 Å². The van der Waals surface area contributed by atoms with Crippen molar-refractivity contribution in [1.29, 1.82) is 0 Å². The summed E-state index contributed by atoms with van der Waals surface area (Å²) in [5.41, 5.74) is -0.971. The number of hydrogen-bond donors (Lipinski definition) is 1. The Balaban J connectivity index is 2.78. The third kappa shape index (κ3) is 1.35. The number of alkyl halides is 2. The average Bonchev–Trinajstić information content (AvgIpc) is 2.37. The molecule has 0 radical (unpaired) electrons. The van der Waals surface area contributed by atoms with Crippen molar-refractivity contribution in [2.75, 3.05) is 0 Å². The Morgan fingerprint density at radius 2 is 1.75 bits per heavy atom. The molecule has 0 aromatic carbocycles. The van der Waals surface area contributed by atoms with Crippen molar-refractivity contribution in [3.63, 3.8) is 0 Å². The van der Waals surface area contributed by atoms with Gasteiger partial charge in [-0.3, -0.25) is 0 Å². The Morgan fingerprint density at radius 1 is 1.33 bits per heavy atom. The normalized spacial score (nSPS) is 25.8. The van der Waals surface area contributed by atoms with Crippen LogP contribution in [-0.4, -0.2) is 17.1 Å². The van der Waals surface area contributed by atoms with Crippen LogP contribution >= 0.6 is 0 Å². The molecular weight excluding hydrogens is 162 g/mol. The highest BCUT2D eigenvalue weighted by molar-refractivity contribution is 4.95. The Hall–Kier alpha value is -0.180. The maximum absolute atomic E-state index is 13.4. The molecule has 0 aromatic rings. The van der Waals surface area contributed by atoms with Crippen molar-refractivity contribution in [2.45, 2.75) is 51.6 Å². The summed E-state index contributed by atoms with van der Waals surface area (Å²) in [7, 11) is 0. The lowest BCUT2D eigenvalue weighted by molar-refractivity contribution is -0.179. The van der Waals surface area contributed by atoms with E-state index in [1.807, 2.05) is 0 Å². The van der Waals surface area contributed by atoms with Crippen LogP contribution in [0.5, 0.6) is 0 Å². The summed E-state index contributed by atoms with van der Waals surface area (Å²) in [6, 6.07) is 0. The summed E-state index contributed by atoms with van der Waals surface area (Å²) in [4.78, 5) is 0. The zero-order chi connectivity index (χ0) is 9.41. The van der Waals surface area contributed by atoms with Crippen molar-refractivity contribution >= 4 is 0 Å². The van der Waals surface area contributed by atoms with Crippen molar-refractivity contribution in [3.05, 3.63) is 0 Å². The third-order valence-electron chi connectivity index (χ3n) is 3.04. The van der Waals surface area contributed by atoms with E-state index < -0.39 is 17.4 Å². The van der Waals surface area contributed by atoms with Gasteiger partial charge in [-0.25, -0.2) is 8.78 Å². The minimum absolute atomic E-state index is 0.533. The quantitative estimate of drug-likeness (QED) is 0.689. The molecule has 0 bridgehead atoms. The van der Waals surface area contributed by atoms with Crippen LogP contribution in [0.4, 0.5) is 8.78 Å². The molecule has 1 rings (SSSR count). The van der Waals surface area contributed by atoms with E-state index in [-0.39, 0.29) is 0 Å². The van der Waals surface area contributed by atoms with E-state index in [9.17, 15) is 8.78 Å². The van der Waals surface area contributed by atoms with Crippen molar-refractivity contribution in [3.8, 4) is 0 Å². The monoisotopic (exact) mass is 178 g/mol. The molecule has 0 heterocycles. The number of aliphatic hydroxyl groups excluding tert-OH is 1. The molecule has 1 fully saturated rings. The molecule has 0 spiro atoms. The lowest BCUT2D eigenvalue weighted by Gasteiger charge is -2.35. The standard InChI is InChI=1S/C9H16F2O/c1-7(12)9(10,11)8(2)5-3-4-6-8/h7,12H,3-6H2,1-2H3. The molecule has 1 saturated carbocycles. The Kier molecular flexibility index (Phi) is 2.43. The molecule has 1 N–H and O–H groups in total. The molecule has 3 heteroatoms. The van der Waals surface area contributed by atoms with Crippen LogP contribution in [-0.2, 0) is 0 Å². The topological polar surface area (TPSA) is 20.2 Å². The summed E-state index contributed by atoms with van der Waals surface area (Å²) < 4.78 is 26.8. The molecule has 1 unspecified atom stereocenters. The SMILES string of the molecule is CC(O)C(F)(F)C1(C)CCCC1. The predicted molar refractivity (Wildman–Crippen MR) is 43.2 cm³/mol. The fourth-order valence-electron chi connectivity index (χ4n) is 1.99. The first-order valence-corrected chi connectivity index (χ1v) is 4.46. The second kappa shape index (κ2) is 2.95. The van der Waals surface area contributed by atoms with Gasteiger partial charge < -0.3 is 5.11 Å². The summed E-state index contributed by atoms with van der Waals surface area (Å²) in [5, 5.41) is 8.96. The van der Waals surface area contributed by atoms with Gasteiger partial charge in [0.2, 0.25) is 0 Å². The Morgan fingerprint density at radius 3 is 2.08 bits per heavy atom. The van der Waals surface area contributed by atoms with E-state index in [2.05, 4.69) is 0 Å². The van der Waals surface area contributed by atoms with Gasteiger partial charge in [-0.1, -0.05) is 19.8 Å². The van der Waals surface area contributed by atoms with Gasteiger partial charge in [-0.15, -0.1) is 0 Å².